The van der Waals surface area contributed by atoms with Gasteiger partial charge in [-0.25, -0.2) is 0 Å². The molecule has 1 aromatic heterocycles. The van der Waals surface area contributed by atoms with Crippen LogP contribution in [0.1, 0.15) is 17.7 Å². The Morgan fingerprint density at radius 2 is 1.95 bits per heavy atom. The molecule has 0 saturated carbocycles. The molecule has 0 bridgehead atoms. The van der Waals surface area contributed by atoms with Crippen LogP contribution in [0.25, 0.3) is 0 Å². The number of aryl methyl sites for hydroxylation is 1. The van der Waals surface area contributed by atoms with Crippen molar-refractivity contribution in [3.05, 3.63) is 64.8 Å². The van der Waals surface area contributed by atoms with Gasteiger partial charge in [0.05, 0.1) is 17.1 Å². The van der Waals surface area contributed by atoms with Gasteiger partial charge < -0.3 is 5.32 Å². The van der Waals surface area contributed by atoms with Gasteiger partial charge in [0.15, 0.2) is 4.87 Å². The molecule has 6 heteroatoms. The maximum absolute atomic E-state index is 11.8. The van der Waals surface area contributed by atoms with E-state index >= 15 is 0 Å². The molecule has 2 aromatic rings. The Morgan fingerprint density at radius 1 is 1.19 bits per heavy atom. The van der Waals surface area contributed by atoms with Crippen molar-refractivity contribution in [2.24, 2.45) is 5.84 Å². The van der Waals surface area contributed by atoms with Gasteiger partial charge in [-0.3, -0.25) is 9.78 Å². The number of aromatic nitrogens is 1. The third-order valence-corrected chi connectivity index (χ3v) is 3.04. The largest absolute Gasteiger partial charge is 0.350 e. The average Bonchev–Trinajstić information content (AvgIpc) is 2.52. The van der Waals surface area contributed by atoms with Crippen molar-refractivity contribution in [1.82, 2.24) is 10.3 Å². The zero-order valence-electron chi connectivity index (χ0n) is 11.5. The quantitative estimate of drug-likeness (QED) is 0.479. The molecule has 3 N–H and O–H groups in total. The normalized spacial score (nSPS) is 10.1. The highest BCUT2D eigenvalue weighted by molar-refractivity contribution is 5.76. The van der Waals surface area contributed by atoms with E-state index in [1.807, 2.05) is 24.3 Å². The molecule has 6 nitrogen and oxygen atoms in total. The molecule has 0 saturated heterocycles. The number of hydrogen-bond donors (Lipinski definition) is 2. The highest BCUT2D eigenvalue weighted by Crippen LogP contribution is 2.17. The molecule has 0 atom stereocenters. The number of para-hydroxylation sites is 1. The van der Waals surface area contributed by atoms with Gasteiger partial charge in [-0.05, 0) is 18.6 Å². The third kappa shape index (κ3) is 4.38. The molecule has 108 valence electrons. The summed E-state index contributed by atoms with van der Waals surface area (Å²) in [6.45, 7) is 0.395. The molecular weight excluding hydrogens is 268 g/mol. The van der Waals surface area contributed by atoms with Crippen molar-refractivity contribution in [2.75, 3.05) is 0 Å². The number of carbonyl (C=O) groups is 1. The molecule has 1 amide bonds. The third-order valence-electron chi connectivity index (χ3n) is 3.04. The summed E-state index contributed by atoms with van der Waals surface area (Å²) < 4.78 is 0. The number of nitrogens with one attached hydrogen (secondary N) is 1. The number of nitrogens with two attached hydrogens (primary N) is 1. The van der Waals surface area contributed by atoms with Gasteiger partial charge in [0.25, 0.3) is 5.69 Å². The highest BCUT2D eigenvalue weighted by atomic mass is 16.3. The summed E-state index contributed by atoms with van der Waals surface area (Å²) in [7, 11) is 0. The zero-order chi connectivity index (χ0) is 15.1. The number of nitrogens with zero attached hydrogens (tertiary/aromatic N) is 2. The summed E-state index contributed by atoms with van der Waals surface area (Å²) in [5, 5.41) is 2.79. The number of pyridine rings is 1. The molecule has 2 rings (SSSR count). The van der Waals surface area contributed by atoms with Crippen molar-refractivity contribution < 1.29 is 9.66 Å². The van der Waals surface area contributed by atoms with Crippen LogP contribution < -0.4 is 11.2 Å². The first-order valence-electron chi connectivity index (χ1n) is 6.63. The molecule has 1 heterocycles. The summed E-state index contributed by atoms with van der Waals surface area (Å²) in [5.74, 6) is 5.13. The van der Waals surface area contributed by atoms with Crippen LogP contribution in [0.2, 0.25) is 0 Å². The Kier molecular flexibility index (Phi) is 4.98. The van der Waals surface area contributed by atoms with E-state index in [2.05, 4.69) is 10.3 Å². The molecule has 0 unspecified atom stereocenters. The zero-order valence-corrected chi connectivity index (χ0v) is 11.5. The number of carbonyl (C=O) groups excluding carboxylic acids is 1. The Labute approximate surface area is 122 Å². The smallest absolute Gasteiger partial charge is 0.294 e. The Bertz CT molecular complexity index is 629. The summed E-state index contributed by atoms with van der Waals surface area (Å²) >= 11 is 0. The minimum Gasteiger partial charge on any atom is -0.350 e. The number of hydrazine groups is 1. The molecule has 1 aromatic carbocycles. The maximum atomic E-state index is 11.8. The number of amides is 1. The van der Waals surface area contributed by atoms with Crippen LogP contribution in [0, 0.1) is 4.91 Å². The van der Waals surface area contributed by atoms with Gasteiger partial charge >= 0.3 is 0 Å². The standard InChI is InChI=1S/C15H16N4O2/c16-19(21)14-7-2-1-5-12(14)8-9-15(20)18-11-13-6-3-4-10-17-13/h1-7,10H,8-9,11H2,(H2-,16,18,20,21)/p+1. The van der Waals surface area contributed by atoms with Crippen LogP contribution in [-0.4, -0.2) is 15.8 Å². The monoisotopic (exact) mass is 285 g/mol. The fourth-order valence-corrected chi connectivity index (χ4v) is 1.97. The lowest BCUT2D eigenvalue weighted by atomic mass is 10.1. The molecule has 0 spiro atoms. The number of benzene rings is 1. The highest BCUT2D eigenvalue weighted by Gasteiger charge is 2.15. The second-order valence-electron chi connectivity index (χ2n) is 4.55. The van der Waals surface area contributed by atoms with E-state index in [0.29, 0.717) is 23.5 Å². The van der Waals surface area contributed by atoms with Crippen LogP contribution in [0.4, 0.5) is 5.69 Å². The second kappa shape index (κ2) is 7.14. The first-order valence-corrected chi connectivity index (χ1v) is 6.63. The van der Waals surface area contributed by atoms with Gasteiger partial charge in [-0.1, -0.05) is 24.3 Å². The lowest BCUT2D eigenvalue weighted by Gasteiger charge is -2.05. The van der Waals surface area contributed by atoms with Crippen molar-refractivity contribution in [1.29, 1.82) is 0 Å². The average molecular weight is 285 g/mol. The minimum absolute atomic E-state index is 0.0927. The van der Waals surface area contributed by atoms with E-state index in [0.717, 1.165) is 11.3 Å². The van der Waals surface area contributed by atoms with Crippen LogP contribution in [0.15, 0.2) is 48.7 Å². The molecule has 0 aliphatic heterocycles. The Hall–Kier alpha value is -2.76. The number of nitroso groups, excluding NO2 is 1. The molecule has 0 aliphatic rings. The summed E-state index contributed by atoms with van der Waals surface area (Å²) in [5.41, 5.74) is 1.94. The minimum atomic E-state index is -0.0927. The van der Waals surface area contributed by atoms with E-state index in [1.165, 1.54) is 0 Å². The SMILES string of the molecule is N[N+](=O)c1ccccc1CCC(=O)NCc1ccccn1. The van der Waals surface area contributed by atoms with Crippen LogP contribution in [0.5, 0.6) is 0 Å². The van der Waals surface area contributed by atoms with Crippen LogP contribution >= 0.6 is 0 Å². The van der Waals surface area contributed by atoms with E-state index in [1.54, 1.807) is 24.4 Å². The van der Waals surface area contributed by atoms with Crippen molar-refractivity contribution in [3.8, 4) is 0 Å². The maximum Gasteiger partial charge on any atom is 0.294 e. The van der Waals surface area contributed by atoms with E-state index in [-0.39, 0.29) is 12.3 Å². The second-order valence-corrected chi connectivity index (χ2v) is 4.55. The molecule has 0 fully saturated rings. The lowest BCUT2D eigenvalue weighted by molar-refractivity contribution is -0.475. The molecule has 0 radical (unpaired) electrons. The number of hydrogen-bond acceptors (Lipinski definition) is 3. The van der Waals surface area contributed by atoms with E-state index in [9.17, 15) is 9.70 Å². The van der Waals surface area contributed by atoms with Gasteiger partial charge in [0.2, 0.25) is 5.91 Å². The fraction of sp³-hybridized carbons (Fsp3) is 0.200. The molecular formula is C15H17N4O2+. The van der Waals surface area contributed by atoms with Crippen LogP contribution in [0.3, 0.4) is 0 Å². The van der Waals surface area contributed by atoms with Gasteiger partial charge in [-0.2, -0.15) is 5.84 Å². The predicted octanol–water partition coefficient (Wildman–Crippen LogP) is 1.61. The Morgan fingerprint density at radius 3 is 2.67 bits per heavy atom. The lowest BCUT2D eigenvalue weighted by Crippen LogP contribution is -2.23. The molecule has 21 heavy (non-hydrogen) atoms. The van der Waals surface area contributed by atoms with E-state index in [4.69, 9.17) is 5.84 Å². The van der Waals surface area contributed by atoms with Crippen molar-refractivity contribution >= 4 is 11.6 Å². The summed E-state index contributed by atoms with van der Waals surface area (Å²) in [4.78, 5) is 27.5. The fourth-order valence-electron chi connectivity index (χ4n) is 1.97. The summed E-state index contributed by atoms with van der Waals surface area (Å²) in [6, 6.07) is 12.5. The first kappa shape index (κ1) is 14.6. The van der Waals surface area contributed by atoms with E-state index < -0.39 is 0 Å². The topological polar surface area (TPSA) is 88.1 Å². The molecule has 0 aliphatic carbocycles. The predicted molar refractivity (Wildman–Crippen MR) is 78.3 cm³/mol. The number of rotatable bonds is 6. The van der Waals surface area contributed by atoms with Gasteiger partial charge in [0.1, 0.15) is 0 Å². The van der Waals surface area contributed by atoms with Gasteiger partial charge in [-0.15, -0.1) is 0 Å². The summed E-state index contributed by atoms with van der Waals surface area (Å²) in [6.07, 6.45) is 2.43. The first-order chi connectivity index (χ1) is 10.2. The van der Waals surface area contributed by atoms with Crippen LogP contribution in [-0.2, 0) is 17.8 Å². The Balaban J connectivity index is 1.86. The van der Waals surface area contributed by atoms with Crippen molar-refractivity contribution in [2.45, 2.75) is 19.4 Å². The van der Waals surface area contributed by atoms with Crippen molar-refractivity contribution in [3.63, 3.8) is 0 Å². The van der Waals surface area contributed by atoms with Gasteiger partial charge in [0, 0.05) is 24.2 Å².